The van der Waals surface area contributed by atoms with Crippen LogP contribution in [0.3, 0.4) is 0 Å². The van der Waals surface area contributed by atoms with Crippen LogP contribution in [0.15, 0.2) is 41.6 Å². The number of hydrogen-bond acceptors (Lipinski definition) is 3. The Morgan fingerprint density at radius 3 is 2.74 bits per heavy atom. The van der Waals surface area contributed by atoms with E-state index in [0.29, 0.717) is 5.75 Å². The molecular weight excluding hydrogens is 306 g/mol. The highest BCUT2D eigenvalue weighted by molar-refractivity contribution is 7.99. The van der Waals surface area contributed by atoms with Gasteiger partial charge in [0.05, 0.1) is 16.8 Å². The summed E-state index contributed by atoms with van der Waals surface area (Å²) in [6, 6.07) is 12.0. The van der Waals surface area contributed by atoms with Gasteiger partial charge >= 0.3 is 0 Å². The molecule has 3 rings (SSSR count). The molecular formula is C18H19N3OS. The van der Waals surface area contributed by atoms with Gasteiger partial charge in [0.1, 0.15) is 0 Å². The molecule has 2 aromatic carbocycles. The van der Waals surface area contributed by atoms with Crippen molar-refractivity contribution in [2.45, 2.75) is 25.9 Å². The largest absolute Gasteiger partial charge is 0.333 e. The number of nitrogens with zero attached hydrogens (tertiary/aromatic N) is 1. The lowest BCUT2D eigenvalue weighted by atomic mass is 10.1. The third kappa shape index (κ3) is 3.74. The minimum Gasteiger partial charge on any atom is -0.333 e. The quantitative estimate of drug-likeness (QED) is 0.706. The second-order valence-electron chi connectivity index (χ2n) is 5.70. The van der Waals surface area contributed by atoms with Crippen LogP contribution in [0.4, 0.5) is 5.69 Å². The second kappa shape index (κ2) is 6.46. The number of rotatable bonds is 4. The van der Waals surface area contributed by atoms with Gasteiger partial charge in [-0.05, 0) is 61.7 Å². The molecule has 0 aliphatic rings. The van der Waals surface area contributed by atoms with Gasteiger partial charge < -0.3 is 10.3 Å². The minimum atomic E-state index is -0.0325. The van der Waals surface area contributed by atoms with Crippen LogP contribution >= 0.6 is 11.8 Å². The first-order valence-corrected chi connectivity index (χ1v) is 8.46. The van der Waals surface area contributed by atoms with E-state index < -0.39 is 0 Å². The summed E-state index contributed by atoms with van der Waals surface area (Å²) in [5.74, 6) is 0.293. The Morgan fingerprint density at radius 1 is 1.13 bits per heavy atom. The molecule has 2 N–H and O–H groups in total. The number of aromatic nitrogens is 2. The third-order valence-electron chi connectivity index (χ3n) is 3.75. The molecule has 0 aliphatic heterocycles. The number of carbonyl (C=O) groups excluding carboxylic acids is 1. The van der Waals surface area contributed by atoms with Crippen LogP contribution in [-0.4, -0.2) is 21.6 Å². The van der Waals surface area contributed by atoms with Crippen molar-refractivity contribution in [3.8, 4) is 0 Å². The first kappa shape index (κ1) is 15.6. The summed E-state index contributed by atoms with van der Waals surface area (Å²) in [6.45, 7) is 6.14. The maximum Gasteiger partial charge on any atom is 0.234 e. The van der Waals surface area contributed by atoms with E-state index in [1.54, 1.807) is 0 Å². The average molecular weight is 325 g/mol. The molecule has 1 heterocycles. The molecule has 0 bridgehead atoms. The Bertz CT molecular complexity index is 870. The summed E-state index contributed by atoms with van der Waals surface area (Å²) in [6.07, 6.45) is 0. The lowest BCUT2D eigenvalue weighted by molar-refractivity contribution is -0.113. The van der Waals surface area contributed by atoms with Gasteiger partial charge in [0.2, 0.25) is 5.91 Å². The molecule has 5 heteroatoms. The summed E-state index contributed by atoms with van der Waals surface area (Å²) in [5, 5.41) is 3.69. The molecule has 0 saturated carbocycles. The second-order valence-corrected chi connectivity index (χ2v) is 6.66. The van der Waals surface area contributed by atoms with Gasteiger partial charge in [0, 0.05) is 5.69 Å². The van der Waals surface area contributed by atoms with Crippen LogP contribution in [0.1, 0.15) is 16.7 Å². The number of nitrogens with one attached hydrogen (secondary N) is 2. The fraction of sp³-hybridized carbons (Fsp3) is 0.222. The predicted molar refractivity (Wildman–Crippen MR) is 96.1 cm³/mol. The molecule has 23 heavy (non-hydrogen) atoms. The van der Waals surface area contributed by atoms with Crippen molar-refractivity contribution in [3.05, 3.63) is 53.1 Å². The number of aromatic amines is 1. The van der Waals surface area contributed by atoms with Crippen molar-refractivity contribution in [3.63, 3.8) is 0 Å². The van der Waals surface area contributed by atoms with E-state index in [2.05, 4.69) is 28.3 Å². The van der Waals surface area contributed by atoms with Crippen molar-refractivity contribution >= 4 is 34.4 Å². The molecule has 1 aromatic heterocycles. The van der Waals surface area contributed by atoms with Gasteiger partial charge in [-0.2, -0.15) is 0 Å². The average Bonchev–Trinajstić information content (AvgIpc) is 2.91. The molecule has 0 radical (unpaired) electrons. The Labute approximate surface area is 139 Å². The number of hydrogen-bond donors (Lipinski definition) is 2. The summed E-state index contributed by atoms with van der Waals surface area (Å²) < 4.78 is 0. The highest BCUT2D eigenvalue weighted by Gasteiger charge is 2.08. The molecule has 0 fully saturated rings. The van der Waals surface area contributed by atoms with E-state index in [1.165, 1.54) is 28.5 Å². The van der Waals surface area contributed by atoms with E-state index in [4.69, 9.17) is 0 Å². The number of thioether (sulfide) groups is 1. The van der Waals surface area contributed by atoms with Crippen molar-refractivity contribution < 1.29 is 4.79 Å². The van der Waals surface area contributed by atoms with Gasteiger partial charge in [0.15, 0.2) is 5.16 Å². The van der Waals surface area contributed by atoms with E-state index in [0.717, 1.165) is 21.9 Å². The zero-order chi connectivity index (χ0) is 16.4. The molecule has 0 spiro atoms. The van der Waals surface area contributed by atoms with E-state index in [9.17, 15) is 4.79 Å². The fourth-order valence-electron chi connectivity index (χ4n) is 2.32. The zero-order valence-electron chi connectivity index (χ0n) is 13.4. The van der Waals surface area contributed by atoms with E-state index in [1.807, 2.05) is 44.2 Å². The summed E-state index contributed by atoms with van der Waals surface area (Å²) >= 11 is 1.41. The van der Waals surface area contributed by atoms with Crippen LogP contribution < -0.4 is 5.32 Å². The van der Waals surface area contributed by atoms with Gasteiger partial charge in [-0.1, -0.05) is 23.9 Å². The zero-order valence-corrected chi connectivity index (χ0v) is 14.3. The Kier molecular flexibility index (Phi) is 4.39. The number of benzene rings is 2. The molecule has 3 aromatic rings. The molecule has 0 unspecified atom stereocenters. The molecule has 4 nitrogen and oxygen atoms in total. The van der Waals surface area contributed by atoms with E-state index >= 15 is 0 Å². The summed E-state index contributed by atoms with van der Waals surface area (Å²) in [7, 11) is 0. The van der Waals surface area contributed by atoms with Crippen LogP contribution in [0.5, 0.6) is 0 Å². The lowest BCUT2D eigenvalue weighted by Crippen LogP contribution is -2.14. The van der Waals surface area contributed by atoms with Gasteiger partial charge in [-0.3, -0.25) is 4.79 Å². The maximum atomic E-state index is 12.1. The van der Waals surface area contributed by atoms with Crippen LogP contribution in [0, 0.1) is 20.8 Å². The first-order valence-electron chi connectivity index (χ1n) is 7.47. The van der Waals surface area contributed by atoms with Gasteiger partial charge in [-0.15, -0.1) is 0 Å². The predicted octanol–water partition coefficient (Wildman–Crippen LogP) is 4.22. The Hall–Kier alpha value is -2.27. The first-order chi connectivity index (χ1) is 11.0. The number of anilines is 1. The number of H-pyrrole nitrogens is 1. The SMILES string of the molecule is Cc1ccc2nc(SCC(=O)Nc3ccc(C)c(C)c3)[nH]c2c1. The van der Waals surface area contributed by atoms with Gasteiger partial charge in [0.25, 0.3) is 0 Å². The number of fused-ring (bicyclic) bond motifs is 1. The van der Waals surface area contributed by atoms with Crippen molar-refractivity contribution in [2.75, 3.05) is 11.1 Å². The minimum absolute atomic E-state index is 0.0325. The normalized spacial score (nSPS) is 10.9. The lowest BCUT2D eigenvalue weighted by Gasteiger charge is -2.07. The van der Waals surface area contributed by atoms with Crippen molar-refractivity contribution in [1.82, 2.24) is 9.97 Å². The maximum absolute atomic E-state index is 12.1. The Morgan fingerprint density at radius 2 is 1.96 bits per heavy atom. The van der Waals surface area contributed by atoms with E-state index in [-0.39, 0.29) is 5.91 Å². The third-order valence-corrected chi connectivity index (χ3v) is 4.62. The summed E-state index contributed by atoms with van der Waals surface area (Å²) in [5.41, 5.74) is 6.33. The standard InChI is InChI=1S/C18H19N3OS/c1-11-4-7-15-16(8-11)21-18(20-15)23-10-17(22)19-14-6-5-12(2)13(3)9-14/h4-9H,10H2,1-3H3,(H,19,22)(H,20,21). The van der Waals surface area contributed by atoms with Crippen LogP contribution in [0.2, 0.25) is 0 Å². The van der Waals surface area contributed by atoms with Crippen LogP contribution in [-0.2, 0) is 4.79 Å². The number of imidazole rings is 1. The fourth-order valence-corrected chi connectivity index (χ4v) is 3.00. The molecule has 0 atom stereocenters. The molecule has 0 aliphatic carbocycles. The number of amides is 1. The molecule has 118 valence electrons. The number of aryl methyl sites for hydroxylation is 3. The van der Waals surface area contributed by atoms with Crippen LogP contribution in [0.25, 0.3) is 11.0 Å². The Balaban J connectivity index is 1.62. The highest BCUT2D eigenvalue weighted by atomic mass is 32.2. The molecule has 0 saturated heterocycles. The van der Waals surface area contributed by atoms with Gasteiger partial charge in [-0.25, -0.2) is 4.98 Å². The summed E-state index contributed by atoms with van der Waals surface area (Å²) in [4.78, 5) is 19.8. The smallest absolute Gasteiger partial charge is 0.234 e. The number of carbonyl (C=O) groups is 1. The van der Waals surface area contributed by atoms with Crippen molar-refractivity contribution in [2.24, 2.45) is 0 Å². The molecule has 1 amide bonds. The van der Waals surface area contributed by atoms with Crippen molar-refractivity contribution in [1.29, 1.82) is 0 Å². The monoisotopic (exact) mass is 325 g/mol. The topological polar surface area (TPSA) is 57.8 Å². The highest BCUT2D eigenvalue weighted by Crippen LogP contribution is 2.21.